The zero-order valence-corrected chi connectivity index (χ0v) is 14.1. The van der Waals surface area contributed by atoms with Crippen LogP contribution in [0.2, 0.25) is 0 Å². The Bertz CT molecular complexity index is 313. The lowest BCUT2D eigenvalue weighted by Gasteiger charge is -2.40. The van der Waals surface area contributed by atoms with E-state index in [1.807, 2.05) is 11.8 Å². The molecule has 0 atom stereocenters. The number of hydrogen-bond donors (Lipinski definition) is 1. The molecule has 0 spiro atoms. The highest BCUT2D eigenvalue weighted by molar-refractivity contribution is 5.67. The van der Waals surface area contributed by atoms with E-state index < -0.39 is 0 Å². The summed E-state index contributed by atoms with van der Waals surface area (Å²) in [5.74, 6) is 0. The van der Waals surface area contributed by atoms with Crippen LogP contribution in [0.25, 0.3) is 0 Å². The fourth-order valence-corrected chi connectivity index (χ4v) is 3.35. The second kappa shape index (κ2) is 6.79. The van der Waals surface area contributed by atoms with Gasteiger partial charge in [0.1, 0.15) is 0 Å². The van der Waals surface area contributed by atoms with Crippen molar-refractivity contribution in [1.82, 2.24) is 10.2 Å². The summed E-state index contributed by atoms with van der Waals surface area (Å²) >= 11 is 0. The Balaban J connectivity index is 2.40. The Morgan fingerprint density at radius 2 is 1.75 bits per heavy atom. The molecule has 1 aliphatic rings. The van der Waals surface area contributed by atoms with Crippen LogP contribution in [0.1, 0.15) is 60.8 Å². The first-order valence-corrected chi connectivity index (χ1v) is 7.82. The Morgan fingerprint density at radius 1 is 1.20 bits per heavy atom. The van der Waals surface area contributed by atoms with Gasteiger partial charge in [-0.15, -0.1) is 0 Å². The molecule has 0 unspecified atom stereocenters. The summed E-state index contributed by atoms with van der Waals surface area (Å²) in [6.45, 7) is 15.3. The lowest BCUT2D eigenvalue weighted by atomic mass is 9.81. The monoisotopic (exact) mass is 284 g/mol. The molecule has 0 aromatic carbocycles. The van der Waals surface area contributed by atoms with Gasteiger partial charge in [-0.25, -0.2) is 4.79 Å². The van der Waals surface area contributed by atoms with Gasteiger partial charge in [0.25, 0.3) is 0 Å². The number of piperidine rings is 1. The fourth-order valence-electron chi connectivity index (χ4n) is 3.35. The molecule has 0 aliphatic carbocycles. The number of carbonyl (C=O) groups excluding carboxylic acids is 1. The maximum atomic E-state index is 11.7. The van der Waals surface area contributed by atoms with Gasteiger partial charge in [0.15, 0.2) is 0 Å². The topological polar surface area (TPSA) is 41.6 Å². The SMILES string of the molecule is CCOC(=O)N1CCC(NC(C)(C)CC(C)(C)C)CC1. The quantitative estimate of drug-likeness (QED) is 0.860. The number of nitrogens with zero attached hydrogens (tertiary/aromatic N) is 1. The standard InChI is InChI=1S/C16H32N2O2/c1-7-20-14(19)18-10-8-13(9-11-18)17-16(5,6)12-15(2,3)4/h13,17H,7-12H2,1-6H3. The number of nitrogens with one attached hydrogen (secondary N) is 1. The van der Waals surface area contributed by atoms with Gasteiger partial charge in [-0.2, -0.15) is 0 Å². The van der Waals surface area contributed by atoms with Crippen molar-refractivity contribution in [3.05, 3.63) is 0 Å². The third-order valence-corrected chi connectivity index (χ3v) is 3.59. The van der Waals surface area contributed by atoms with Crippen molar-refractivity contribution >= 4 is 6.09 Å². The summed E-state index contributed by atoms with van der Waals surface area (Å²) in [5.41, 5.74) is 0.456. The first kappa shape index (κ1) is 17.3. The van der Waals surface area contributed by atoms with Gasteiger partial charge in [-0.1, -0.05) is 20.8 Å². The van der Waals surface area contributed by atoms with Gasteiger partial charge in [-0.3, -0.25) is 0 Å². The molecular weight excluding hydrogens is 252 g/mol. The minimum Gasteiger partial charge on any atom is -0.450 e. The van der Waals surface area contributed by atoms with Crippen LogP contribution in [0.15, 0.2) is 0 Å². The largest absolute Gasteiger partial charge is 0.450 e. The van der Waals surface area contributed by atoms with E-state index in [-0.39, 0.29) is 11.6 Å². The lowest BCUT2D eigenvalue weighted by Crippen LogP contribution is -2.52. The van der Waals surface area contributed by atoms with E-state index in [1.165, 1.54) is 0 Å². The molecule has 0 radical (unpaired) electrons. The summed E-state index contributed by atoms with van der Waals surface area (Å²) in [6, 6.07) is 0.498. The van der Waals surface area contributed by atoms with Gasteiger partial charge in [-0.05, 0) is 45.4 Å². The minimum atomic E-state index is -0.167. The average Bonchev–Trinajstić information content (AvgIpc) is 2.26. The van der Waals surface area contributed by atoms with Crippen molar-refractivity contribution in [2.75, 3.05) is 19.7 Å². The highest BCUT2D eigenvalue weighted by Gasteiger charge is 2.30. The second-order valence-corrected chi connectivity index (χ2v) is 7.73. The molecule has 0 aromatic rings. The van der Waals surface area contributed by atoms with Crippen LogP contribution in [-0.4, -0.2) is 42.3 Å². The molecule has 0 saturated carbocycles. The van der Waals surface area contributed by atoms with Crippen molar-refractivity contribution < 1.29 is 9.53 Å². The highest BCUT2D eigenvalue weighted by Crippen LogP contribution is 2.28. The van der Waals surface area contributed by atoms with E-state index in [2.05, 4.69) is 39.9 Å². The molecule has 1 N–H and O–H groups in total. The maximum Gasteiger partial charge on any atom is 0.409 e. The van der Waals surface area contributed by atoms with Gasteiger partial charge < -0.3 is 15.0 Å². The zero-order valence-electron chi connectivity index (χ0n) is 14.1. The number of amides is 1. The molecule has 1 amide bonds. The predicted molar refractivity (Wildman–Crippen MR) is 82.9 cm³/mol. The van der Waals surface area contributed by atoms with Gasteiger partial charge in [0.05, 0.1) is 6.61 Å². The Labute approximate surface area is 124 Å². The Kier molecular flexibility index (Phi) is 5.87. The van der Waals surface area contributed by atoms with Crippen molar-refractivity contribution in [3.63, 3.8) is 0 Å². The molecule has 1 aliphatic heterocycles. The molecule has 1 saturated heterocycles. The average molecular weight is 284 g/mol. The zero-order chi connectivity index (χ0) is 15.4. The van der Waals surface area contributed by atoms with Gasteiger partial charge in [0.2, 0.25) is 0 Å². The summed E-state index contributed by atoms with van der Waals surface area (Å²) in [5, 5.41) is 3.76. The summed E-state index contributed by atoms with van der Waals surface area (Å²) in [7, 11) is 0. The molecular formula is C16H32N2O2. The van der Waals surface area contributed by atoms with E-state index in [4.69, 9.17) is 4.74 Å². The van der Waals surface area contributed by atoms with Crippen LogP contribution < -0.4 is 5.32 Å². The molecule has 0 aromatic heterocycles. The maximum absolute atomic E-state index is 11.7. The van der Waals surface area contributed by atoms with E-state index in [0.29, 0.717) is 18.1 Å². The van der Waals surface area contributed by atoms with Gasteiger partial charge in [0, 0.05) is 24.7 Å². The van der Waals surface area contributed by atoms with Gasteiger partial charge >= 0.3 is 6.09 Å². The molecule has 4 nitrogen and oxygen atoms in total. The molecule has 118 valence electrons. The van der Waals surface area contributed by atoms with Crippen molar-refractivity contribution in [2.24, 2.45) is 5.41 Å². The molecule has 1 heterocycles. The Morgan fingerprint density at radius 3 is 2.20 bits per heavy atom. The van der Waals surface area contributed by atoms with E-state index in [1.54, 1.807) is 0 Å². The van der Waals surface area contributed by atoms with Crippen LogP contribution in [0.3, 0.4) is 0 Å². The summed E-state index contributed by atoms with van der Waals surface area (Å²) in [4.78, 5) is 13.5. The third-order valence-electron chi connectivity index (χ3n) is 3.59. The van der Waals surface area contributed by atoms with Crippen molar-refractivity contribution in [1.29, 1.82) is 0 Å². The Hall–Kier alpha value is -0.770. The van der Waals surface area contributed by atoms with Crippen LogP contribution >= 0.6 is 0 Å². The van der Waals surface area contributed by atoms with E-state index in [0.717, 1.165) is 32.4 Å². The van der Waals surface area contributed by atoms with Crippen molar-refractivity contribution in [3.8, 4) is 0 Å². The summed E-state index contributed by atoms with van der Waals surface area (Å²) < 4.78 is 5.05. The molecule has 20 heavy (non-hydrogen) atoms. The number of rotatable bonds is 4. The molecule has 1 fully saturated rings. The third kappa shape index (κ3) is 6.12. The summed E-state index contributed by atoms with van der Waals surface area (Å²) in [6.07, 6.45) is 2.98. The van der Waals surface area contributed by atoms with Crippen molar-refractivity contribution in [2.45, 2.75) is 72.4 Å². The molecule has 4 heteroatoms. The van der Waals surface area contributed by atoms with E-state index >= 15 is 0 Å². The predicted octanol–water partition coefficient (Wildman–Crippen LogP) is 3.41. The number of carbonyl (C=O) groups is 1. The number of likely N-dealkylation sites (tertiary alicyclic amines) is 1. The number of ether oxygens (including phenoxy) is 1. The highest BCUT2D eigenvalue weighted by atomic mass is 16.6. The molecule has 0 bridgehead atoms. The van der Waals surface area contributed by atoms with Crippen LogP contribution in [0.4, 0.5) is 4.79 Å². The normalized spacial score (nSPS) is 18.2. The van der Waals surface area contributed by atoms with E-state index in [9.17, 15) is 4.79 Å². The van der Waals surface area contributed by atoms with Crippen LogP contribution in [-0.2, 0) is 4.74 Å². The number of hydrogen-bond acceptors (Lipinski definition) is 3. The van der Waals surface area contributed by atoms with Crippen LogP contribution in [0, 0.1) is 5.41 Å². The first-order valence-electron chi connectivity index (χ1n) is 7.82. The second-order valence-electron chi connectivity index (χ2n) is 7.73. The van der Waals surface area contributed by atoms with Crippen LogP contribution in [0.5, 0.6) is 0 Å². The molecule has 1 rings (SSSR count). The smallest absolute Gasteiger partial charge is 0.409 e. The fraction of sp³-hybridized carbons (Fsp3) is 0.938. The first-order chi connectivity index (χ1) is 9.13. The minimum absolute atomic E-state index is 0.134. The lowest BCUT2D eigenvalue weighted by molar-refractivity contribution is 0.0910.